The third kappa shape index (κ3) is 3.67. The molecule has 0 amide bonds. The van der Waals surface area contributed by atoms with E-state index in [1.54, 1.807) is 0 Å². The summed E-state index contributed by atoms with van der Waals surface area (Å²) in [6, 6.07) is 10.6. The lowest BCUT2D eigenvalue weighted by Gasteiger charge is -2.36. The molecule has 0 N–H and O–H groups in total. The Labute approximate surface area is 110 Å². The maximum Gasteiger partial charge on any atom is 0.151 e. The van der Waals surface area contributed by atoms with Crippen LogP contribution in [0.5, 0.6) is 0 Å². The van der Waals surface area contributed by atoms with Gasteiger partial charge in [0.05, 0.1) is 6.54 Å². The van der Waals surface area contributed by atoms with Crippen LogP contribution in [-0.4, -0.2) is 29.8 Å². The molecule has 2 unspecified atom stereocenters. The Kier molecular flexibility index (Phi) is 4.54. The van der Waals surface area contributed by atoms with E-state index in [0.717, 1.165) is 18.0 Å². The van der Waals surface area contributed by atoms with Crippen LogP contribution in [-0.2, 0) is 11.2 Å². The van der Waals surface area contributed by atoms with Crippen LogP contribution in [0, 0.1) is 5.92 Å². The first-order chi connectivity index (χ1) is 8.65. The summed E-state index contributed by atoms with van der Waals surface area (Å²) < 4.78 is 0. The minimum atomic E-state index is 0.335. The summed E-state index contributed by atoms with van der Waals surface area (Å²) in [5, 5.41) is 0. The summed E-state index contributed by atoms with van der Waals surface area (Å²) in [5.41, 5.74) is 1.13. The van der Waals surface area contributed by atoms with Crippen molar-refractivity contribution in [2.24, 2.45) is 5.92 Å². The molecule has 0 radical (unpaired) electrons. The third-order valence-electron chi connectivity index (χ3n) is 3.87. The van der Waals surface area contributed by atoms with Crippen molar-refractivity contribution >= 4 is 5.78 Å². The molecule has 0 aromatic heterocycles. The first kappa shape index (κ1) is 13.3. The molecule has 1 aromatic rings. The molecule has 0 aliphatic carbocycles. The molecule has 0 bridgehead atoms. The van der Waals surface area contributed by atoms with Crippen LogP contribution in [0.1, 0.15) is 32.3 Å². The fourth-order valence-electron chi connectivity index (χ4n) is 2.71. The Morgan fingerprint density at radius 1 is 1.22 bits per heavy atom. The van der Waals surface area contributed by atoms with Crippen molar-refractivity contribution in [3.05, 3.63) is 35.9 Å². The van der Waals surface area contributed by atoms with Gasteiger partial charge in [-0.25, -0.2) is 0 Å². The van der Waals surface area contributed by atoms with E-state index in [2.05, 4.69) is 18.7 Å². The normalized spacial score (nSPS) is 25.0. The molecule has 2 nitrogen and oxygen atoms in total. The summed E-state index contributed by atoms with van der Waals surface area (Å²) in [4.78, 5) is 14.4. The van der Waals surface area contributed by atoms with Crippen LogP contribution in [0.4, 0.5) is 0 Å². The Balaban J connectivity index is 1.87. The Morgan fingerprint density at radius 3 is 2.67 bits per heavy atom. The second kappa shape index (κ2) is 6.14. The van der Waals surface area contributed by atoms with Crippen molar-refractivity contribution in [2.75, 3.05) is 13.1 Å². The zero-order valence-electron chi connectivity index (χ0n) is 11.4. The van der Waals surface area contributed by atoms with E-state index in [1.165, 1.54) is 12.8 Å². The Hall–Kier alpha value is -1.15. The number of carbonyl (C=O) groups is 1. The number of rotatable bonds is 4. The molecule has 2 rings (SSSR count). The highest BCUT2D eigenvalue weighted by atomic mass is 16.1. The molecule has 1 aromatic carbocycles. The third-order valence-corrected chi connectivity index (χ3v) is 3.87. The van der Waals surface area contributed by atoms with Crippen LogP contribution < -0.4 is 0 Å². The van der Waals surface area contributed by atoms with E-state index in [1.807, 2.05) is 30.3 Å². The number of nitrogens with zero attached hydrogens (tertiary/aromatic N) is 1. The van der Waals surface area contributed by atoms with Crippen LogP contribution in [0.25, 0.3) is 0 Å². The predicted octanol–water partition coefficient (Wildman–Crippen LogP) is 2.92. The van der Waals surface area contributed by atoms with Crippen LogP contribution in [0.2, 0.25) is 0 Å². The van der Waals surface area contributed by atoms with Gasteiger partial charge in [0.25, 0.3) is 0 Å². The van der Waals surface area contributed by atoms with E-state index in [9.17, 15) is 4.79 Å². The maximum absolute atomic E-state index is 12.1. The molecule has 1 saturated heterocycles. The molecular formula is C16H23NO. The first-order valence-corrected chi connectivity index (χ1v) is 6.95. The van der Waals surface area contributed by atoms with E-state index in [-0.39, 0.29) is 0 Å². The van der Waals surface area contributed by atoms with Gasteiger partial charge >= 0.3 is 0 Å². The molecule has 98 valence electrons. The van der Waals surface area contributed by atoms with Gasteiger partial charge < -0.3 is 0 Å². The van der Waals surface area contributed by atoms with Crippen LogP contribution in [0.3, 0.4) is 0 Å². The maximum atomic E-state index is 12.1. The number of benzene rings is 1. The largest absolute Gasteiger partial charge is 0.298 e. The smallest absolute Gasteiger partial charge is 0.151 e. The number of ketones is 1. The van der Waals surface area contributed by atoms with Gasteiger partial charge in [0.2, 0.25) is 0 Å². The number of carbonyl (C=O) groups excluding carboxylic acids is 1. The van der Waals surface area contributed by atoms with Gasteiger partial charge in [-0.05, 0) is 31.2 Å². The van der Waals surface area contributed by atoms with E-state index < -0.39 is 0 Å². The van der Waals surface area contributed by atoms with Gasteiger partial charge in [-0.1, -0.05) is 37.3 Å². The molecule has 1 aliphatic rings. The number of likely N-dealkylation sites (tertiary alicyclic amines) is 1. The molecule has 2 heteroatoms. The second-order valence-electron chi connectivity index (χ2n) is 5.66. The molecule has 0 spiro atoms. The van der Waals surface area contributed by atoms with Gasteiger partial charge in [0, 0.05) is 19.0 Å². The zero-order valence-corrected chi connectivity index (χ0v) is 11.4. The fraction of sp³-hybridized carbons (Fsp3) is 0.562. The highest BCUT2D eigenvalue weighted by molar-refractivity contribution is 5.82. The predicted molar refractivity (Wildman–Crippen MR) is 74.6 cm³/mol. The van der Waals surface area contributed by atoms with Crippen molar-refractivity contribution in [1.29, 1.82) is 0 Å². The molecule has 1 fully saturated rings. The summed E-state index contributed by atoms with van der Waals surface area (Å²) in [7, 11) is 0. The van der Waals surface area contributed by atoms with Crippen molar-refractivity contribution in [2.45, 2.75) is 39.2 Å². The van der Waals surface area contributed by atoms with E-state index >= 15 is 0 Å². The number of piperidine rings is 1. The molecular weight excluding hydrogens is 222 g/mol. The molecule has 18 heavy (non-hydrogen) atoms. The topological polar surface area (TPSA) is 20.3 Å². The average Bonchev–Trinajstić information content (AvgIpc) is 2.35. The second-order valence-corrected chi connectivity index (χ2v) is 5.66. The van der Waals surface area contributed by atoms with Gasteiger partial charge in [-0.2, -0.15) is 0 Å². The van der Waals surface area contributed by atoms with Crippen molar-refractivity contribution < 1.29 is 4.79 Å². The average molecular weight is 245 g/mol. The Morgan fingerprint density at radius 2 is 1.94 bits per heavy atom. The van der Waals surface area contributed by atoms with Crippen LogP contribution in [0.15, 0.2) is 30.3 Å². The van der Waals surface area contributed by atoms with Gasteiger partial charge in [0.15, 0.2) is 5.78 Å². The van der Waals surface area contributed by atoms with Gasteiger partial charge in [0.1, 0.15) is 0 Å². The Bertz CT molecular complexity index is 387. The summed E-state index contributed by atoms with van der Waals surface area (Å²) in [6.45, 7) is 6.20. The molecule has 0 saturated carbocycles. The lowest BCUT2D eigenvalue weighted by Crippen LogP contribution is -2.44. The molecule has 2 atom stereocenters. The monoisotopic (exact) mass is 245 g/mol. The number of hydrogen-bond acceptors (Lipinski definition) is 2. The van der Waals surface area contributed by atoms with Crippen molar-refractivity contribution in [1.82, 2.24) is 4.90 Å². The summed E-state index contributed by atoms with van der Waals surface area (Å²) in [6.07, 6.45) is 3.09. The van der Waals surface area contributed by atoms with Gasteiger partial charge in [-0.15, -0.1) is 0 Å². The SMILES string of the molecule is CC1CCC(C)N(CC(=O)Cc2ccccc2)C1. The van der Waals surface area contributed by atoms with Gasteiger partial charge in [-0.3, -0.25) is 9.69 Å². The highest BCUT2D eigenvalue weighted by Crippen LogP contribution is 2.21. The first-order valence-electron chi connectivity index (χ1n) is 6.95. The summed E-state index contributed by atoms with van der Waals surface area (Å²) in [5.74, 6) is 1.06. The van der Waals surface area contributed by atoms with E-state index in [4.69, 9.17) is 0 Å². The van der Waals surface area contributed by atoms with Crippen LogP contribution >= 0.6 is 0 Å². The standard InChI is InChI=1S/C16H23NO/c1-13-8-9-14(2)17(11-13)12-16(18)10-15-6-4-3-5-7-15/h3-7,13-14H,8-12H2,1-2H3. The lowest BCUT2D eigenvalue weighted by atomic mass is 9.94. The lowest BCUT2D eigenvalue weighted by molar-refractivity contribution is -0.120. The number of Topliss-reactive ketones (excluding diaryl/α,β-unsaturated/α-hetero) is 1. The van der Waals surface area contributed by atoms with E-state index in [0.29, 0.717) is 24.8 Å². The zero-order chi connectivity index (χ0) is 13.0. The minimum Gasteiger partial charge on any atom is -0.298 e. The highest BCUT2D eigenvalue weighted by Gasteiger charge is 2.24. The van der Waals surface area contributed by atoms with Crippen molar-refractivity contribution in [3.63, 3.8) is 0 Å². The fourth-order valence-corrected chi connectivity index (χ4v) is 2.71. The molecule has 1 heterocycles. The minimum absolute atomic E-state index is 0.335. The molecule has 1 aliphatic heterocycles. The number of hydrogen-bond donors (Lipinski definition) is 0. The quantitative estimate of drug-likeness (QED) is 0.813. The summed E-state index contributed by atoms with van der Waals surface area (Å²) >= 11 is 0. The van der Waals surface area contributed by atoms with Crippen molar-refractivity contribution in [3.8, 4) is 0 Å².